The minimum atomic E-state index is 0.786. The Labute approximate surface area is 125 Å². The van der Waals surface area contributed by atoms with Gasteiger partial charge in [-0.2, -0.15) is 4.98 Å². The molecule has 0 saturated carbocycles. The summed E-state index contributed by atoms with van der Waals surface area (Å²) in [5, 5.41) is 10.7. The molecule has 0 aliphatic carbocycles. The molecule has 3 rings (SSSR count). The minimum Gasteiger partial charge on any atom is -0.340 e. The highest BCUT2D eigenvalue weighted by atomic mass is 15.4. The normalized spacial score (nSPS) is 16.3. The monoisotopic (exact) mass is 285 g/mol. The fourth-order valence-corrected chi connectivity index (χ4v) is 2.92. The van der Waals surface area contributed by atoms with E-state index >= 15 is 0 Å². The molecule has 0 atom stereocenters. The second-order valence-electron chi connectivity index (χ2n) is 5.73. The van der Waals surface area contributed by atoms with E-state index in [0.29, 0.717) is 0 Å². The number of piperidine rings is 1. The van der Waals surface area contributed by atoms with Gasteiger partial charge in [-0.15, -0.1) is 5.10 Å². The molecule has 112 valence electrons. The van der Waals surface area contributed by atoms with Crippen molar-refractivity contribution in [3.05, 3.63) is 41.7 Å². The van der Waals surface area contributed by atoms with Gasteiger partial charge in [0.25, 0.3) is 0 Å². The zero-order valence-electron chi connectivity index (χ0n) is 12.5. The summed E-state index contributed by atoms with van der Waals surface area (Å²) in [6.07, 6.45) is 3.23. The summed E-state index contributed by atoms with van der Waals surface area (Å²) in [5.41, 5.74) is 1.26. The van der Waals surface area contributed by atoms with Gasteiger partial charge in [-0.05, 0) is 37.9 Å². The second kappa shape index (κ2) is 6.72. The number of nitrogens with one attached hydrogen (secondary N) is 2. The lowest BCUT2D eigenvalue weighted by atomic mass is 9.97. The molecule has 0 bridgehead atoms. The van der Waals surface area contributed by atoms with Crippen molar-refractivity contribution in [3.63, 3.8) is 0 Å². The SMILES string of the molecule is CNCC1CCN(c2n[nH]c(Cc3ccccc3)n2)CC1. The third-order valence-corrected chi connectivity index (χ3v) is 4.12. The lowest BCUT2D eigenvalue weighted by Crippen LogP contribution is -2.37. The molecule has 1 aliphatic heterocycles. The zero-order chi connectivity index (χ0) is 14.5. The van der Waals surface area contributed by atoms with Gasteiger partial charge in [-0.1, -0.05) is 30.3 Å². The molecule has 0 radical (unpaired) electrons. The molecule has 2 aromatic rings. The first-order chi connectivity index (χ1) is 10.3. The number of nitrogens with zero attached hydrogens (tertiary/aromatic N) is 3. The van der Waals surface area contributed by atoms with E-state index < -0.39 is 0 Å². The van der Waals surface area contributed by atoms with Crippen LogP contribution in [0.5, 0.6) is 0 Å². The molecule has 2 heterocycles. The Bertz CT molecular complexity index is 543. The first-order valence-electron chi connectivity index (χ1n) is 7.70. The molecule has 1 aliphatic rings. The average Bonchev–Trinajstić information content (AvgIpc) is 2.98. The Morgan fingerprint density at radius 3 is 2.71 bits per heavy atom. The van der Waals surface area contributed by atoms with Gasteiger partial charge < -0.3 is 10.2 Å². The van der Waals surface area contributed by atoms with E-state index in [2.05, 4.69) is 49.7 Å². The average molecular weight is 285 g/mol. The van der Waals surface area contributed by atoms with E-state index in [1.54, 1.807) is 0 Å². The number of H-pyrrole nitrogens is 1. The minimum absolute atomic E-state index is 0.786. The summed E-state index contributed by atoms with van der Waals surface area (Å²) in [6, 6.07) is 10.4. The van der Waals surface area contributed by atoms with Crippen LogP contribution in [0.1, 0.15) is 24.2 Å². The van der Waals surface area contributed by atoms with E-state index in [0.717, 1.165) is 43.7 Å². The lowest BCUT2D eigenvalue weighted by molar-refractivity contribution is 0.391. The van der Waals surface area contributed by atoms with Crippen LogP contribution in [-0.2, 0) is 6.42 Å². The summed E-state index contributed by atoms with van der Waals surface area (Å²) in [5.74, 6) is 2.58. The summed E-state index contributed by atoms with van der Waals surface area (Å²) in [7, 11) is 2.03. The van der Waals surface area contributed by atoms with Crippen LogP contribution in [0.15, 0.2) is 30.3 Å². The van der Waals surface area contributed by atoms with Crippen molar-refractivity contribution in [3.8, 4) is 0 Å². The quantitative estimate of drug-likeness (QED) is 0.880. The maximum Gasteiger partial charge on any atom is 0.244 e. The van der Waals surface area contributed by atoms with Gasteiger partial charge in [-0.3, -0.25) is 5.10 Å². The second-order valence-corrected chi connectivity index (χ2v) is 5.73. The number of aromatic nitrogens is 3. The van der Waals surface area contributed by atoms with Crippen molar-refractivity contribution < 1.29 is 0 Å². The van der Waals surface area contributed by atoms with Crippen molar-refractivity contribution in [2.75, 3.05) is 31.6 Å². The molecule has 1 aromatic heterocycles. The molecule has 0 amide bonds. The number of aromatic amines is 1. The molecular weight excluding hydrogens is 262 g/mol. The number of hydrogen-bond acceptors (Lipinski definition) is 4. The van der Waals surface area contributed by atoms with Gasteiger partial charge in [0, 0.05) is 19.5 Å². The van der Waals surface area contributed by atoms with Gasteiger partial charge in [-0.25, -0.2) is 0 Å². The highest BCUT2D eigenvalue weighted by Gasteiger charge is 2.21. The van der Waals surface area contributed by atoms with Crippen LogP contribution >= 0.6 is 0 Å². The Hall–Kier alpha value is -1.88. The smallest absolute Gasteiger partial charge is 0.244 e. The van der Waals surface area contributed by atoms with Gasteiger partial charge in [0.15, 0.2) is 0 Å². The van der Waals surface area contributed by atoms with Crippen LogP contribution in [0, 0.1) is 5.92 Å². The van der Waals surface area contributed by atoms with Crippen LogP contribution < -0.4 is 10.2 Å². The molecule has 5 nitrogen and oxygen atoms in total. The molecule has 1 fully saturated rings. The van der Waals surface area contributed by atoms with Crippen LogP contribution in [0.25, 0.3) is 0 Å². The predicted molar refractivity (Wildman–Crippen MR) is 84.5 cm³/mol. The summed E-state index contributed by atoms with van der Waals surface area (Å²) in [4.78, 5) is 6.93. The summed E-state index contributed by atoms with van der Waals surface area (Å²) in [6.45, 7) is 3.21. The van der Waals surface area contributed by atoms with Gasteiger partial charge in [0.1, 0.15) is 5.82 Å². The summed E-state index contributed by atoms with van der Waals surface area (Å²) >= 11 is 0. The first-order valence-corrected chi connectivity index (χ1v) is 7.70. The predicted octanol–water partition coefficient (Wildman–Crippen LogP) is 1.83. The standard InChI is InChI=1S/C16H23N5/c1-17-12-14-7-9-21(10-8-14)16-18-15(19-20-16)11-13-5-3-2-4-6-13/h2-6,14,17H,7-12H2,1H3,(H,18,19,20). The zero-order valence-corrected chi connectivity index (χ0v) is 12.5. The van der Waals surface area contributed by atoms with Crippen LogP contribution in [0.4, 0.5) is 5.95 Å². The molecule has 1 aromatic carbocycles. The van der Waals surface area contributed by atoms with Crippen molar-refractivity contribution in [2.24, 2.45) is 5.92 Å². The molecule has 0 unspecified atom stereocenters. The van der Waals surface area contributed by atoms with Crippen LogP contribution in [0.2, 0.25) is 0 Å². The Morgan fingerprint density at radius 2 is 2.00 bits per heavy atom. The fraction of sp³-hybridized carbons (Fsp3) is 0.500. The maximum absolute atomic E-state index is 4.64. The van der Waals surface area contributed by atoms with Crippen molar-refractivity contribution in [1.29, 1.82) is 0 Å². The Balaban J connectivity index is 1.58. The van der Waals surface area contributed by atoms with Crippen LogP contribution in [-0.4, -0.2) is 41.9 Å². The number of hydrogen-bond donors (Lipinski definition) is 2. The van der Waals surface area contributed by atoms with E-state index in [9.17, 15) is 0 Å². The topological polar surface area (TPSA) is 56.8 Å². The van der Waals surface area contributed by atoms with E-state index in [1.807, 2.05) is 13.1 Å². The third kappa shape index (κ3) is 3.61. The molecule has 0 spiro atoms. The highest BCUT2D eigenvalue weighted by molar-refractivity contribution is 5.30. The van der Waals surface area contributed by atoms with Crippen LogP contribution in [0.3, 0.4) is 0 Å². The lowest BCUT2D eigenvalue weighted by Gasteiger charge is -2.30. The Morgan fingerprint density at radius 1 is 1.24 bits per heavy atom. The molecule has 2 N–H and O–H groups in total. The molecular formula is C16H23N5. The maximum atomic E-state index is 4.64. The van der Waals surface area contributed by atoms with E-state index in [1.165, 1.54) is 18.4 Å². The van der Waals surface area contributed by atoms with E-state index in [-0.39, 0.29) is 0 Å². The van der Waals surface area contributed by atoms with E-state index in [4.69, 9.17) is 0 Å². The fourth-order valence-electron chi connectivity index (χ4n) is 2.92. The third-order valence-electron chi connectivity index (χ3n) is 4.12. The largest absolute Gasteiger partial charge is 0.340 e. The van der Waals surface area contributed by atoms with Crippen molar-refractivity contribution in [1.82, 2.24) is 20.5 Å². The van der Waals surface area contributed by atoms with Gasteiger partial charge in [0.2, 0.25) is 5.95 Å². The van der Waals surface area contributed by atoms with Crippen molar-refractivity contribution >= 4 is 5.95 Å². The highest BCUT2D eigenvalue weighted by Crippen LogP contribution is 2.20. The van der Waals surface area contributed by atoms with Crippen molar-refractivity contribution in [2.45, 2.75) is 19.3 Å². The first kappa shape index (κ1) is 14.1. The Kier molecular flexibility index (Phi) is 4.50. The summed E-state index contributed by atoms with van der Waals surface area (Å²) < 4.78 is 0. The molecule has 1 saturated heterocycles. The number of anilines is 1. The molecule has 21 heavy (non-hydrogen) atoms. The molecule has 5 heteroatoms. The number of benzene rings is 1. The van der Waals surface area contributed by atoms with Gasteiger partial charge in [0.05, 0.1) is 0 Å². The van der Waals surface area contributed by atoms with Gasteiger partial charge >= 0.3 is 0 Å². The number of rotatable bonds is 5.